The Morgan fingerprint density at radius 1 is 0.974 bits per heavy atom. The molecule has 2 aliphatic heterocycles. The third-order valence-electron chi connectivity index (χ3n) is 7.84. The van der Waals surface area contributed by atoms with Crippen molar-refractivity contribution in [3.63, 3.8) is 0 Å². The number of amides is 2. The standard InChI is InChI=1S/C29H35N7O2/c1-17-6-9-23(10-7-17)36-27(31-26(32-36)29(38)34-15-18(2)30-19(3)16-34)21-8-13-24-25(14-21)35(22-11-12-22)20(4)28(37)33(24)5/h6-10,13-14,18-20,22,30H,11-12,15-16H2,1-5H3/t18-,19+,20?. The summed E-state index contributed by atoms with van der Waals surface area (Å²) >= 11 is 0. The molecule has 2 amide bonds. The second-order valence-electron chi connectivity index (χ2n) is 11.1. The zero-order chi connectivity index (χ0) is 26.7. The van der Waals surface area contributed by atoms with Crippen molar-refractivity contribution in [2.24, 2.45) is 0 Å². The largest absolute Gasteiger partial charge is 0.355 e. The van der Waals surface area contributed by atoms with E-state index in [9.17, 15) is 9.59 Å². The first-order chi connectivity index (χ1) is 18.2. The van der Waals surface area contributed by atoms with Crippen LogP contribution in [0.1, 0.15) is 49.8 Å². The number of piperazine rings is 1. The molecule has 2 fully saturated rings. The van der Waals surface area contributed by atoms with E-state index in [1.54, 1.807) is 9.58 Å². The average Bonchev–Trinajstić information content (AvgIpc) is 3.63. The number of fused-ring (bicyclic) bond motifs is 1. The number of benzene rings is 2. The molecule has 0 bridgehead atoms. The first-order valence-electron chi connectivity index (χ1n) is 13.5. The van der Waals surface area contributed by atoms with Crippen LogP contribution in [0.4, 0.5) is 11.4 Å². The molecular weight excluding hydrogens is 478 g/mol. The van der Waals surface area contributed by atoms with Crippen molar-refractivity contribution in [2.75, 3.05) is 29.9 Å². The van der Waals surface area contributed by atoms with Gasteiger partial charge in [-0.1, -0.05) is 17.7 Å². The van der Waals surface area contributed by atoms with Crippen LogP contribution in [0, 0.1) is 6.92 Å². The zero-order valence-electron chi connectivity index (χ0n) is 22.7. The molecule has 1 saturated heterocycles. The van der Waals surface area contributed by atoms with E-state index in [4.69, 9.17) is 10.1 Å². The van der Waals surface area contributed by atoms with Crippen LogP contribution < -0.4 is 15.1 Å². The Morgan fingerprint density at radius 3 is 2.32 bits per heavy atom. The summed E-state index contributed by atoms with van der Waals surface area (Å²) in [5.74, 6) is 0.750. The van der Waals surface area contributed by atoms with Gasteiger partial charge in [0, 0.05) is 43.8 Å². The molecule has 0 spiro atoms. The van der Waals surface area contributed by atoms with Crippen molar-refractivity contribution in [1.82, 2.24) is 25.0 Å². The van der Waals surface area contributed by atoms with Gasteiger partial charge < -0.3 is 20.0 Å². The van der Waals surface area contributed by atoms with Gasteiger partial charge in [-0.15, -0.1) is 5.10 Å². The highest BCUT2D eigenvalue weighted by Gasteiger charge is 2.41. The smallest absolute Gasteiger partial charge is 0.293 e. The van der Waals surface area contributed by atoms with Crippen molar-refractivity contribution in [1.29, 1.82) is 0 Å². The number of aromatic nitrogens is 3. The molecule has 3 heterocycles. The minimum absolute atomic E-state index is 0.104. The minimum Gasteiger partial charge on any atom is -0.355 e. The lowest BCUT2D eigenvalue weighted by Crippen LogP contribution is -2.56. The molecule has 9 heteroatoms. The van der Waals surface area contributed by atoms with E-state index >= 15 is 0 Å². The molecule has 1 aliphatic carbocycles. The second kappa shape index (κ2) is 9.23. The number of hydrogen-bond donors (Lipinski definition) is 1. The predicted molar refractivity (Wildman–Crippen MR) is 148 cm³/mol. The van der Waals surface area contributed by atoms with E-state index in [1.807, 2.05) is 62.2 Å². The van der Waals surface area contributed by atoms with E-state index in [-0.39, 0.29) is 35.8 Å². The predicted octanol–water partition coefficient (Wildman–Crippen LogP) is 3.40. The van der Waals surface area contributed by atoms with Gasteiger partial charge in [0.2, 0.25) is 11.7 Å². The van der Waals surface area contributed by atoms with Crippen LogP contribution in [0.3, 0.4) is 0 Å². The number of nitrogens with one attached hydrogen (secondary N) is 1. The fourth-order valence-corrected chi connectivity index (χ4v) is 5.83. The number of nitrogens with zero attached hydrogens (tertiary/aromatic N) is 6. The van der Waals surface area contributed by atoms with Gasteiger partial charge in [-0.25, -0.2) is 9.67 Å². The highest BCUT2D eigenvalue weighted by atomic mass is 16.2. The number of rotatable bonds is 4. The van der Waals surface area contributed by atoms with E-state index < -0.39 is 0 Å². The molecule has 1 N–H and O–H groups in total. The number of carbonyl (C=O) groups is 2. The summed E-state index contributed by atoms with van der Waals surface area (Å²) in [7, 11) is 1.84. The zero-order valence-corrected chi connectivity index (χ0v) is 22.7. The minimum atomic E-state index is -0.223. The molecule has 38 heavy (non-hydrogen) atoms. The Morgan fingerprint density at radius 2 is 1.66 bits per heavy atom. The van der Waals surface area contributed by atoms with Crippen molar-refractivity contribution < 1.29 is 9.59 Å². The van der Waals surface area contributed by atoms with Crippen LogP contribution in [0.5, 0.6) is 0 Å². The van der Waals surface area contributed by atoms with Crippen molar-refractivity contribution >= 4 is 23.2 Å². The van der Waals surface area contributed by atoms with E-state index in [1.165, 1.54) is 0 Å². The van der Waals surface area contributed by atoms with Crippen LogP contribution in [-0.4, -0.2) is 75.8 Å². The van der Waals surface area contributed by atoms with Crippen molar-refractivity contribution in [3.8, 4) is 17.1 Å². The van der Waals surface area contributed by atoms with Gasteiger partial charge in [-0.3, -0.25) is 9.59 Å². The summed E-state index contributed by atoms with van der Waals surface area (Å²) in [6.45, 7) is 9.43. The fourth-order valence-electron chi connectivity index (χ4n) is 5.83. The molecule has 3 aliphatic rings. The Hall–Kier alpha value is -3.72. The second-order valence-corrected chi connectivity index (χ2v) is 11.1. The number of hydrogen-bond acceptors (Lipinski definition) is 6. The monoisotopic (exact) mass is 513 g/mol. The van der Waals surface area contributed by atoms with Gasteiger partial charge in [0.15, 0.2) is 5.82 Å². The van der Waals surface area contributed by atoms with Crippen molar-refractivity contribution in [3.05, 3.63) is 53.9 Å². The number of likely N-dealkylation sites (N-methyl/N-ethyl adjacent to an activating group) is 1. The Balaban J connectivity index is 1.45. The molecular formula is C29H35N7O2. The first-order valence-corrected chi connectivity index (χ1v) is 13.5. The summed E-state index contributed by atoms with van der Waals surface area (Å²) in [4.78, 5) is 37.2. The highest BCUT2D eigenvalue weighted by molar-refractivity contribution is 6.05. The third kappa shape index (κ3) is 4.24. The third-order valence-corrected chi connectivity index (χ3v) is 7.84. The molecule has 9 nitrogen and oxygen atoms in total. The SMILES string of the molecule is Cc1ccc(-n2nc(C(=O)N3C[C@@H](C)N[C@@H](C)C3)nc2-c2ccc3c(c2)N(C2CC2)C(C)C(=O)N3C)cc1. The highest BCUT2D eigenvalue weighted by Crippen LogP contribution is 2.44. The number of carbonyl (C=O) groups excluding carboxylic acids is 2. The Labute approximate surface area is 223 Å². The molecule has 2 aromatic carbocycles. The first kappa shape index (κ1) is 24.6. The molecule has 198 valence electrons. The van der Waals surface area contributed by atoms with Crippen LogP contribution >= 0.6 is 0 Å². The number of aryl methyl sites for hydroxylation is 1. The molecule has 3 atom stereocenters. The van der Waals surface area contributed by atoms with Gasteiger partial charge in [-0.2, -0.15) is 0 Å². The average molecular weight is 514 g/mol. The summed E-state index contributed by atoms with van der Waals surface area (Å²) < 4.78 is 1.77. The van der Waals surface area contributed by atoms with Gasteiger partial charge >= 0.3 is 0 Å². The lowest BCUT2D eigenvalue weighted by molar-refractivity contribution is -0.119. The van der Waals surface area contributed by atoms with E-state index in [2.05, 4.69) is 30.1 Å². The molecule has 6 rings (SSSR count). The Bertz CT molecular complexity index is 1380. The molecule has 1 saturated carbocycles. The summed E-state index contributed by atoms with van der Waals surface area (Å²) in [6, 6.07) is 14.7. The maximum Gasteiger partial charge on any atom is 0.293 e. The lowest BCUT2D eigenvalue weighted by atomic mass is 10.0. The fraction of sp³-hybridized carbons (Fsp3) is 0.448. The van der Waals surface area contributed by atoms with E-state index in [0.717, 1.165) is 41.0 Å². The Kier molecular flexibility index (Phi) is 5.98. The van der Waals surface area contributed by atoms with Gasteiger partial charge in [0.25, 0.3) is 5.91 Å². The molecule has 0 radical (unpaired) electrons. The summed E-state index contributed by atoms with van der Waals surface area (Å²) in [5.41, 5.74) is 4.77. The van der Waals surface area contributed by atoms with Crippen LogP contribution in [-0.2, 0) is 4.79 Å². The van der Waals surface area contributed by atoms with Gasteiger partial charge in [0.05, 0.1) is 17.1 Å². The normalized spacial score (nSPS) is 23.6. The van der Waals surface area contributed by atoms with Gasteiger partial charge in [0.1, 0.15) is 6.04 Å². The lowest BCUT2D eigenvalue weighted by Gasteiger charge is -2.40. The van der Waals surface area contributed by atoms with Gasteiger partial charge in [-0.05, 0) is 70.9 Å². The summed E-state index contributed by atoms with van der Waals surface area (Å²) in [5, 5.41) is 8.22. The maximum atomic E-state index is 13.6. The molecule has 1 unspecified atom stereocenters. The molecule has 3 aromatic rings. The topological polar surface area (TPSA) is 86.6 Å². The van der Waals surface area contributed by atoms with E-state index in [0.29, 0.717) is 25.0 Å². The van der Waals surface area contributed by atoms with Crippen LogP contribution in [0.25, 0.3) is 17.1 Å². The summed E-state index contributed by atoms with van der Waals surface area (Å²) in [6.07, 6.45) is 2.18. The molecule has 1 aromatic heterocycles. The van der Waals surface area contributed by atoms with Crippen LogP contribution in [0.15, 0.2) is 42.5 Å². The quantitative estimate of drug-likeness (QED) is 0.576. The van der Waals surface area contributed by atoms with Crippen molar-refractivity contribution in [2.45, 2.75) is 64.7 Å². The maximum absolute atomic E-state index is 13.6. The number of anilines is 2. The van der Waals surface area contributed by atoms with Crippen LogP contribution in [0.2, 0.25) is 0 Å².